The third-order valence-electron chi connectivity index (χ3n) is 4.62. The Kier molecular flexibility index (Phi) is 4.99. The summed E-state index contributed by atoms with van der Waals surface area (Å²) in [4.78, 5) is 48.6. The van der Waals surface area contributed by atoms with Crippen molar-refractivity contribution in [3.8, 4) is 11.5 Å². The molecule has 11 heteroatoms. The molecule has 31 heavy (non-hydrogen) atoms. The standard InChI is InChI=1S/C20H16N4O7/c1-11-2-4-13(5-3-11)21-18(25)9-23-19(26)14(22-20(23)27)6-12-7-16-17(31-10-30-16)8-15(12)24(28)29/h2-8H,9-10H2,1H3,(H,21,25)(H,22,27)/b14-6-. The van der Waals surface area contributed by atoms with Gasteiger partial charge in [0.05, 0.1) is 16.6 Å². The third-order valence-corrected chi connectivity index (χ3v) is 4.62. The number of benzene rings is 2. The van der Waals surface area contributed by atoms with E-state index in [4.69, 9.17) is 9.47 Å². The minimum Gasteiger partial charge on any atom is -0.454 e. The molecule has 4 rings (SSSR count). The van der Waals surface area contributed by atoms with Crippen LogP contribution in [0.15, 0.2) is 42.1 Å². The number of anilines is 1. The van der Waals surface area contributed by atoms with Gasteiger partial charge in [-0.25, -0.2) is 9.69 Å². The highest BCUT2D eigenvalue weighted by molar-refractivity contribution is 6.16. The maximum Gasteiger partial charge on any atom is 0.329 e. The van der Waals surface area contributed by atoms with Gasteiger partial charge in [0.1, 0.15) is 12.2 Å². The molecule has 0 radical (unpaired) electrons. The van der Waals surface area contributed by atoms with Crippen LogP contribution in [0.1, 0.15) is 11.1 Å². The second-order valence-electron chi connectivity index (χ2n) is 6.82. The maximum atomic E-state index is 12.6. The van der Waals surface area contributed by atoms with Gasteiger partial charge >= 0.3 is 6.03 Å². The second kappa shape index (κ2) is 7.78. The van der Waals surface area contributed by atoms with Crippen molar-refractivity contribution in [2.75, 3.05) is 18.7 Å². The molecule has 2 aromatic rings. The normalized spacial score (nSPS) is 15.9. The number of ether oxygens (including phenoxy) is 2. The van der Waals surface area contributed by atoms with E-state index in [1.165, 1.54) is 12.1 Å². The van der Waals surface area contributed by atoms with Crippen molar-refractivity contribution in [1.29, 1.82) is 0 Å². The summed E-state index contributed by atoms with van der Waals surface area (Å²) in [6.45, 7) is 1.31. The van der Waals surface area contributed by atoms with Crippen molar-refractivity contribution in [2.45, 2.75) is 6.92 Å². The minimum atomic E-state index is -0.807. The molecule has 0 unspecified atom stereocenters. The molecule has 0 spiro atoms. The first-order valence-corrected chi connectivity index (χ1v) is 9.11. The molecule has 4 amide bonds. The molecular weight excluding hydrogens is 408 g/mol. The number of nitrogens with zero attached hydrogens (tertiary/aromatic N) is 2. The Hall–Kier alpha value is -4.41. The number of aryl methyl sites for hydroxylation is 1. The summed E-state index contributed by atoms with van der Waals surface area (Å²) in [5.41, 5.74) is 1.06. The average molecular weight is 424 g/mol. The number of carbonyl (C=O) groups is 3. The lowest BCUT2D eigenvalue weighted by atomic mass is 10.1. The van der Waals surface area contributed by atoms with E-state index in [1.54, 1.807) is 12.1 Å². The van der Waals surface area contributed by atoms with Crippen molar-refractivity contribution < 1.29 is 28.8 Å². The number of amides is 4. The first-order valence-electron chi connectivity index (χ1n) is 9.11. The van der Waals surface area contributed by atoms with Crippen LogP contribution >= 0.6 is 0 Å². The Morgan fingerprint density at radius 1 is 1.23 bits per heavy atom. The lowest BCUT2D eigenvalue weighted by molar-refractivity contribution is -0.385. The molecule has 2 aromatic carbocycles. The number of rotatable bonds is 5. The fourth-order valence-electron chi connectivity index (χ4n) is 3.07. The molecule has 158 valence electrons. The van der Waals surface area contributed by atoms with E-state index in [0.29, 0.717) is 10.6 Å². The van der Waals surface area contributed by atoms with E-state index in [2.05, 4.69) is 10.6 Å². The Morgan fingerprint density at radius 2 is 1.90 bits per heavy atom. The zero-order valence-electron chi connectivity index (χ0n) is 16.2. The largest absolute Gasteiger partial charge is 0.454 e. The summed E-state index contributed by atoms with van der Waals surface area (Å²) in [6.07, 6.45) is 1.16. The molecule has 0 aromatic heterocycles. The van der Waals surface area contributed by atoms with Gasteiger partial charge in [0.25, 0.3) is 11.6 Å². The van der Waals surface area contributed by atoms with Crippen molar-refractivity contribution in [2.24, 2.45) is 0 Å². The number of hydrogen-bond donors (Lipinski definition) is 2. The van der Waals surface area contributed by atoms with Crippen LogP contribution in [0, 0.1) is 17.0 Å². The molecule has 2 heterocycles. The fraction of sp³-hybridized carbons (Fsp3) is 0.150. The summed E-state index contributed by atoms with van der Waals surface area (Å²) in [5, 5.41) is 16.3. The predicted molar refractivity (Wildman–Crippen MR) is 107 cm³/mol. The molecule has 1 fully saturated rings. The lowest BCUT2D eigenvalue weighted by Crippen LogP contribution is -2.38. The summed E-state index contributed by atoms with van der Waals surface area (Å²) in [6, 6.07) is 8.73. The zero-order valence-corrected chi connectivity index (χ0v) is 16.2. The molecule has 0 bridgehead atoms. The van der Waals surface area contributed by atoms with Gasteiger partial charge in [0.15, 0.2) is 11.5 Å². The van der Waals surface area contributed by atoms with Gasteiger partial charge in [-0.1, -0.05) is 17.7 Å². The van der Waals surface area contributed by atoms with Crippen molar-refractivity contribution in [3.63, 3.8) is 0 Å². The van der Waals surface area contributed by atoms with E-state index < -0.39 is 29.3 Å². The molecule has 2 aliphatic heterocycles. The number of nitrogens with one attached hydrogen (secondary N) is 2. The number of imide groups is 1. The maximum absolute atomic E-state index is 12.6. The van der Waals surface area contributed by atoms with Crippen LogP contribution in [-0.4, -0.2) is 41.0 Å². The number of nitro groups is 1. The number of hydrogen-bond acceptors (Lipinski definition) is 7. The molecule has 0 saturated carbocycles. The molecular formula is C20H16N4O7. The first kappa shape index (κ1) is 19.9. The predicted octanol–water partition coefficient (Wildman–Crippen LogP) is 2.16. The number of urea groups is 1. The van der Waals surface area contributed by atoms with Crippen LogP contribution in [0.2, 0.25) is 0 Å². The Bertz CT molecular complexity index is 1140. The van der Waals surface area contributed by atoms with Gasteiger partial charge in [-0.15, -0.1) is 0 Å². The summed E-state index contributed by atoms with van der Waals surface area (Å²) in [7, 11) is 0. The summed E-state index contributed by atoms with van der Waals surface area (Å²) in [5.74, 6) is -0.854. The number of carbonyl (C=O) groups excluding carboxylic acids is 3. The molecule has 2 N–H and O–H groups in total. The molecule has 1 saturated heterocycles. The molecule has 0 aliphatic carbocycles. The first-order chi connectivity index (χ1) is 14.8. The van der Waals surface area contributed by atoms with Gasteiger partial charge in [0, 0.05) is 5.69 Å². The van der Waals surface area contributed by atoms with Gasteiger partial charge in [-0.2, -0.15) is 0 Å². The molecule has 2 aliphatic rings. The third kappa shape index (κ3) is 4.01. The molecule has 0 atom stereocenters. The van der Waals surface area contributed by atoms with Crippen molar-refractivity contribution >= 4 is 35.3 Å². The van der Waals surface area contributed by atoms with E-state index in [9.17, 15) is 24.5 Å². The highest BCUT2D eigenvalue weighted by Crippen LogP contribution is 2.38. The quantitative estimate of drug-likeness (QED) is 0.324. The van der Waals surface area contributed by atoms with Gasteiger partial charge in [0.2, 0.25) is 12.7 Å². The Labute approximate surface area is 175 Å². The molecule has 11 nitrogen and oxygen atoms in total. The number of nitro benzene ring substituents is 1. The SMILES string of the molecule is Cc1ccc(NC(=O)CN2C(=O)N/C(=C\c3cc4c(cc3[N+](=O)[O-])OCO4)C2=O)cc1. The van der Waals surface area contributed by atoms with E-state index >= 15 is 0 Å². The van der Waals surface area contributed by atoms with Crippen LogP contribution in [-0.2, 0) is 9.59 Å². The highest BCUT2D eigenvalue weighted by atomic mass is 16.7. The van der Waals surface area contributed by atoms with Crippen LogP contribution in [0.4, 0.5) is 16.2 Å². The van der Waals surface area contributed by atoms with Crippen molar-refractivity contribution in [1.82, 2.24) is 10.2 Å². The van der Waals surface area contributed by atoms with Gasteiger partial charge < -0.3 is 20.1 Å². The monoisotopic (exact) mass is 424 g/mol. The lowest BCUT2D eigenvalue weighted by Gasteiger charge is -2.12. The summed E-state index contributed by atoms with van der Waals surface area (Å²) < 4.78 is 10.3. The topological polar surface area (TPSA) is 140 Å². The van der Waals surface area contributed by atoms with Crippen LogP contribution in [0.25, 0.3) is 6.08 Å². The Morgan fingerprint density at radius 3 is 2.58 bits per heavy atom. The fourth-order valence-corrected chi connectivity index (χ4v) is 3.07. The highest BCUT2D eigenvalue weighted by Gasteiger charge is 2.35. The van der Waals surface area contributed by atoms with E-state index in [0.717, 1.165) is 11.6 Å². The van der Waals surface area contributed by atoms with Crippen LogP contribution < -0.4 is 20.1 Å². The smallest absolute Gasteiger partial charge is 0.329 e. The number of fused-ring (bicyclic) bond motifs is 1. The van der Waals surface area contributed by atoms with E-state index in [-0.39, 0.29) is 35.2 Å². The zero-order chi connectivity index (χ0) is 22.1. The average Bonchev–Trinajstić information content (AvgIpc) is 3.28. The minimum absolute atomic E-state index is 0.0452. The van der Waals surface area contributed by atoms with Crippen molar-refractivity contribution in [3.05, 3.63) is 63.3 Å². The van der Waals surface area contributed by atoms with Gasteiger partial charge in [-0.05, 0) is 31.2 Å². The van der Waals surface area contributed by atoms with Gasteiger partial charge in [-0.3, -0.25) is 19.7 Å². The second-order valence-corrected chi connectivity index (χ2v) is 6.82. The van der Waals surface area contributed by atoms with Crippen LogP contribution in [0.5, 0.6) is 11.5 Å². The Balaban J connectivity index is 1.53. The van der Waals surface area contributed by atoms with Crippen LogP contribution in [0.3, 0.4) is 0 Å². The van der Waals surface area contributed by atoms with E-state index in [1.807, 2.05) is 19.1 Å². The summed E-state index contributed by atoms with van der Waals surface area (Å²) >= 11 is 0.